The molecule has 0 unspecified atom stereocenters. The molecule has 2 heterocycles. The molecule has 4 nitrogen and oxygen atoms in total. The van der Waals surface area contributed by atoms with E-state index in [4.69, 9.17) is 9.84 Å². The Kier molecular flexibility index (Phi) is 3.90. The number of fused-ring (bicyclic) bond motifs is 3. The van der Waals surface area contributed by atoms with E-state index in [1.54, 1.807) is 6.07 Å². The maximum atomic E-state index is 10.4. The van der Waals surface area contributed by atoms with Crippen molar-refractivity contribution < 1.29 is 9.84 Å². The fourth-order valence-electron chi connectivity index (χ4n) is 3.76. The van der Waals surface area contributed by atoms with Crippen molar-refractivity contribution in [3.8, 4) is 11.5 Å². The van der Waals surface area contributed by atoms with E-state index in [0.29, 0.717) is 5.56 Å². The van der Waals surface area contributed by atoms with Crippen molar-refractivity contribution in [3.05, 3.63) is 94.0 Å². The lowest BCUT2D eigenvalue weighted by Gasteiger charge is -2.38. The van der Waals surface area contributed by atoms with Gasteiger partial charge in [-0.3, -0.25) is 0 Å². The Morgan fingerprint density at radius 3 is 2.56 bits per heavy atom. The fraction of sp³-hybridized carbons (Fsp3) is 0.136. The molecular formula is C22H17BrN2O2. The third kappa shape index (κ3) is 2.79. The number of nitrogens with zero attached hydrogens (tertiary/aromatic N) is 2. The number of hydrogen-bond donors (Lipinski definition) is 1. The standard InChI is InChI=1S/C22H17BrN2O2/c23-15-10-11-21-17(12-15)19-13-18(14-6-2-1-3-7-14)24-25(19)22(27-21)16-8-4-5-9-20(16)26/h1-12,19,22,26H,13H2/t19-,22+/m0/s1. The molecule has 0 saturated carbocycles. The predicted molar refractivity (Wildman–Crippen MR) is 108 cm³/mol. The quantitative estimate of drug-likeness (QED) is 0.603. The van der Waals surface area contributed by atoms with E-state index < -0.39 is 6.23 Å². The van der Waals surface area contributed by atoms with Gasteiger partial charge in [-0.1, -0.05) is 58.4 Å². The molecule has 0 aromatic heterocycles. The molecule has 1 N–H and O–H groups in total. The second-order valence-corrected chi connectivity index (χ2v) is 7.64. The Morgan fingerprint density at radius 2 is 1.74 bits per heavy atom. The van der Waals surface area contributed by atoms with Crippen LogP contribution in [0.3, 0.4) is 0 Å². The first-order valence-electron chi connectivity index (χ1n) is 8.86. The number of phenols is 1. The molecule has 2 aliphatic heterocycles. The third-order valence-electron chi connectivity index (χ3n) is 5.06. The van der Waals surface area contributed by atoms with Crippen molar-refractivity contribution in [2.75, 3.05) is 0 Å². The molecule has 0 saturated heterocycles. The molecule has 0 spiro atoms. The summed E-state index contributed by atoms with van der Waals surface area (Å²) in [7, 11) is 0. The molecule has 5 heteroatoms. The minimum atomic E-state index is -0.467. The number of benzene rings is 3. The molecule has 2 atom stereocenters. The Hall–Kier alpha value is -2.79. The van der Waals surface area contributed by atoms with Crippen LogP contribution in [0.25, 0.3) is 0 Å². The number of hydrogen-bond acceptors (Lipinski definition) is 4. The molecular weight excluding hydrogens is 404 g/mol. The summed E-state index contributed by atoms with van der Waals surface area (Å²) >= 11 is 3.57. The maximum absolute atomic E-state index is 10.4. The summed E-state index contributed by atoms with van der Waals surface area (Å²) in [6, 6.07) is 23.6. The van der Waals surface area contributed by atoms with Crippen molar-refractivity contribution in [1.29, 1.82) is 0 Å². The SMILES string of the molecule is Oc1ccccc1[C@H]1Oc2ccc(Br)cc2[C@@H]2CC(c3ccccc3)=NN12. The van der Waals surface area contributed by atoms with Gasteiger partial charge in [-0.15, -0.1) is 0 Å². The van der Waals surface area contributed by atoms with Crippen molar-refractivity contribution >= 4 is 21.6 Å². The number of para-hydroxylation sites is 1. The number of hydrazone groups is 1. The minimum absolute atomic E-state index is 0.0612. The zero-order chi connectivity index (χ0) is 18.4. The van der Waals surface area contributed by atoms with Gasteiger partial charge in [0.25, 0.3) is 0 Å². The van der Waals surface area contributed by atoms with Gasteiger partial charge in [0.1, 0.15) is 11.5 Å². The van der Waals surface area contributed by atoms with E-state index in [-0.39, 0.29) is 11.8 Å². The maximum Gasteiger partial charge on any atom is 0.217 e. The monoisotopic (exact) mass is 420 g/mol. The zero-order valence-electron chi connectivity index (χ0n) is 14.4. The van der Waals surface area contributed by atoms with Crippen LogP contribution in [-0.2, 0) is 0 Å². The number of rotatable bonds is 2. The molecule has 134 valence electrons. The third-order valence-corrected chi connectivity index (χ3v) is 5.55. The summed E-state index contributed by atoms with van der Waals surface area (Å²) in [6.45, 7) is 0. The highest BCUT2D eigenvalue weighted by Crippen LogP contribution is 2.49. The summed E-state index contributed by atoms with van der Waals surface area (Å²) in [5.41, 5.74) is 3.96. The van der Waals surface area contributed by atoms with Crippen LogP contribution in [0.15, 0.2) is 82.4 Å². The van der Waals surface area contributed by atoms with E-state index in [9.17, 15) is 5.11 Å². The largest absolute Gasteiger partial charge is 0.507 e. The molecule has 27 heavy (non-hydrogen) atoms. The average molecular weight is 421 g/mol. The molecule has 3 aromatic carbocycles. The van der Waals surface area contributed by atoms with Crippen LogP contribution in [0.5, 0.6) is 11.5 Å². The fourth-order valence-corrected chi connectivity index (χ4v) is 4.14. The van der Waals surface area contributed by atoms with Gasteiger partial charge in [-0.25, -0.2) is 5.01 Å². The molecule has 0 bridgehead atoms. The molecule has 0 amide bonds. The second-order valence-electron chi connectivity index (χ2n) is 6.72. The number of halogens is 1. The van der Waals surface area contributed by atoms with E-state index in [1.165, 1.54) is 0 Å². The Morgan fingerprint density at radius 1 is 0.963 bits per heavy atom. The van der Waals surface area contributed by atoms with Crippen LogP contribution in [0.1, 0.15) is 35.4 Å². The van der Waals surface area contributed by atoms with E-state index >= 15 is 0 Å². The van der Waals surface area contributed by atoms with Gasteiger partial charge in [0.15, 0.2) is 0 Å². The van der Waals surface area contributed by atoms with E-state index in [0.717, 1.165) is 33.5 Å². The molecule has 3 aromatic rings. The first kappa shape index (κ1) is 16.4. The first-order valence-corrected chi connectivity index (χ1v) is 9.65. The summed E-state index contributed by atoms with van der Waals surface area (Å²) in [5, 5.41) is 17.3. The normalized spacial score (nSPS) is 20.5. The lowest BCUT2D eigenvalue weighted by Crippen LogP contribution is -2.33. The first-order chi connectivity index (χ1) is 13.2. The molecule has 0 aliphatic carbocycles. The predicted octanol–water partition coefficient (Wildman–Crippen LogP) is 5.40. The van der Waals surface area contributed by atoms with Gasteiger partial charge in [-0.2, -0.15) is 5.10 Å². The topological polar surface area (TPSA) is 45.1 Å². The smallest absolute Gasteiger partial charge is 0.217 e. The van der Waals surface area contributed by atoms with Gasteiger partial charge in [0.2, 0.25) is 6.23 Å². The van der Waals surface area contributed by atoms with Crippen LogP contribution >= 0.6 is 15.9 Å². The summed E-state index contributed by atoms with van der Waals surface area (Å²) in [6.07, 6.45) is 0.326. The van der Waals surface area contributed by atoms with Crippen LogP contribution in [-0.4, -0.2) is 15.8 Å². The zero-order valence-corrected chi connectivity index (χ0v) is 16.0. The van der Waals surface area contributed by atoms with Crippen molar-refractivity contribution in [3.63, 3.8) is 0 Å². The highest BCUT2D eigenvalue weighted by Gasteiger charge is 2.41. The van der Waals surface area contributed by atoms with Crippen molar-refractivity contribution in [1.82, 2.24) is 5.01 Å². The van der Waals surface area contributed by atoms with Crippen molar-refractivity contribution in [2.45, 2.75) is 18.7 Å². The number of aromatic hydroxyl groups is 1. The molecule has 2 aliphatic rings. The average Bonchev–Trinajstić information content (AvgIpc) is 3.15. The van der Waals surface area contributed by atoms with Crippen LogP contribution in [0.2, 0.25) is 0 Å². The second kappa shape index (κ2) is 6.43. The molecule has 0 fully saturated rings. The van der Waals surface area contributed by atoms with Crippen LogP contribution < -0.4 is 4.74 Å². The Labute approximate surface area is 165 Å². The summed E-state index contributed by atoms with van der Waals surface area (Å²) < 4.78 is 7.30. The Bertz CT molecular complexity index is 1040. The number of ether oxygens (including phenoxy) is 1. The summed E-state index contributed by atoms with van der Waals surface area (Å²) in [5.74, 6) is 1.04. The molecule has 0 radical (unpaired) electrons. The highest BCUT2D eigenvalue weighted by atomic mass is 79.9. The van der Waals surface area contributed by atoms with Gasteiger partial charge >= 0.3 is 0 Å². The molecule has 5 rings (SSSR count). The number of phenolic OH excluding ortho intramolecular Hbond substituents is 1. The van der Waals surface area contributed by atoms with Gasteiger partial charge in [-0.05, 0) is 35.9 Å². The minimum Gasteiger partial charge on any atom is -0.507 e. The van der Waals surface area contributed by atoms with Crippen molar-refractivity contribution in [2.24, 2.45) is 5.10 Å². The van der Waals surface area contributed by atoms with Gasteiger partial charge in [0.05, 0.1) is 17.3 Å². The van der Waals surface area contributed by atoms with E-state index in [2.05, 4.69) is 34.1 Å². The summed E-state index contributed by atoms with van der Waals surface area (Å²) in [4.78, 5) is 0. The van der Waals surface area contributed by atoms with E-state index in [1.807, 2.05) is 53.5 Å². The lowest BCUT2D eigenvalue weighted by molar-refractivity contribution is -0.0203. The van der Waals surface area contributed by atoms with Gasteiger partial charge < -0.3 is 9.84 Å². The van der Waals surface area contributed by atoms with Crippen LogP contribution in [0.4, 0.5) is 0 Å². The highest BCUT2D eigenvalue weighted by molar-refractivity contribution is 9.10. The van der Waals surface area contributed by atoms with Gasteiger partial charge in [0, 0.05) is 16.5 Å². The van der Waals surface area contributed by atoms with Crippen LogP contribution in [0, 0.1) is 0 Å². The lowest BCUT2D eigenvalue weighted by atomic mass is 9.96. The Balaban J connectivity index is 1.64.